The molecule has 0 aromatic carbocycles. The second kappa shape index (κ2) is 17.1. The fourth-order valence-corrected chi connectivity index (χ4v) is 3.96. The van der Waals surface area contributed by atoms with E-state index in [1.165, 1.54) is 0 Å². The molecule has 0 fully saturated rings. The topological polar surface area (TPSA) is 56.4 Å². The Kier molecular flexibility index (Phi) is 13.5. The first-order valence-corrected chi connectivity index (χ1v) is 13.6. The molecule has 2 aliphatic carbocycles. The molecule has 6 rings (SSSR count). The third kappa shape index (κ3) is 11.1. The summed E-state index contributed by atoms with van der Waals surface area (Å²) >= 11 is 0. The van der Waals surface area contributed by atoms with E-state index in [-0.39, 0.29) is 42.6 Å². The smallest absolute Gasteiger partial charge is 0.416 e. The SMILES string of the molecule is FC(F)(F)C1=CC(=C2C=C(C(F)(F)F)C=C[N-]2)[N-]C=C1.FC1=CC(F)C(=C2C=CC=C[N-]2)[C-]=C1.FC1=CC(F)C(=C2C=CC=C[N-]2)[C-]=C1.[Ir]. The van der Waals surface area contributed by atoms with Crippen LogP contribution in [-0.2, 0) is 20.1 Å². The summed E-state index contributed by atoms with van der Waals surface area (Å²) < 4.78 is 127. The van der Waals surface area contributed by atoms with E-state index in [1.54, 1.807) is 48.9 Å². The minimum Gasteiger partial charge on any atom is -0.721 e. The number of nitrogens with zero attached hydrogens (tertiary/aromatic N) is 4. The van der Waals surface area contributed by atoms with Gasteiger partial charge in [-0.3, -0.25) is 8.78 Å². The molecule has 0 saturated carbocycles. The van der Waals surface area contributed by atoms with E-state index in [2.05, 4.69) is 33.4 Å². The first-order chi connectivity index (χ1) is 22.7. The summed E-state index contributed by atoms with van der Waals surface area (Å²) in [5.41, 5.74) is -1.03. The molecule has 4 heterocycles. The zero-order chi connectivity index (χ0) is 34.9. The second-order valence-electron chi connectivity index (χ2n) is 9.60. The van der Waals surface area contributed by atoms with Crippen LogP contribution in [0.15, 0.2) is 167 Å². The van der Waals surface area contributed by atoms with E-state index in [0.717, 1.165) is 48.9 Å². The number of rotatable bonds is 0. The number of hydrogen-bond donors (Lipinski definition) is 0. The summed E-state index contributed by atoms with van der Waals surface area (Å²) in [4.78, 5) is 0. The van der Waals surface area contributed by atoms with Gasteiger partial charge in [0.2, 0.25) is 0 Å². The van der Waals surface area contributed by atoms with E-state index in [9.17, 15) is 43.9 Å². The van der Waals surface area contributed by atoms with Crippen LogP contribution in [-0.4, -0.2) is 24.7 Å². The Hall–Kier alpha value is -4.75. The fraction of sp³-hybridized carbons (Fsp3) is 0.118. The summed E-state index contributed by atoms with van der Waals surface area (Å²) in [6.07, 6.45) is 15.0. The van der Waals surface area contributed by atoms with Crippen molar-refractivity contribution >= 4 is 0 Å². The Morgan fingerprint density at radius 1 is 0.510 bits per heavy atom. The van der Waals surface area contributed by atoms with Crippen LogP contribution in [0.2, 0.25) is 0 Å². The van der Waals surface area contributed by atoms with Crippen molar-refractivity contribution in [3.63, 3.8) is 0 Å². The van der Waals surface area contributed by atoms with Crippen LogP contribution in [0.3, 0.4) is 0 Å². The van der Waals surface area contributed by atoms with Crippen molar-refractivity contribution in [1.82, 2.24) is 0 Å². The van der Waals surface area contributed by atoms with Gasteiger partial charge in [-0.25, -0.2) is 20.2 Å². The van der Waals surface area contributed by atoms with E-state index in [0.29, 0.717) is 23.5 Å². The number of halogens is 10. The van der Waals surface area contributed by atoms with Crippen molar-refractivity contribution in [3.05, 3.63) is 200 Å². The van der Waals surface area contributed by atoms with Crippen molar-refractivity contribution in [2.45, 2.75) is 24.7 Å². The number of alkyl halides is 8. The zero-order valence-electron chi connectivity index (χ0n) is 24.4. The normalized spacial score (nSPS) is 26.6. The van der Waals surface area contributed by atoms with Crippen molar-refractivity contribution in [2.75, 3.05) is 0 Å². The molecule has 0 saturated heterocycles. The molecule has 0 N–H and O–H groups in total. The van der Waals surface area contributed by atoms with E-state index < -0.39 is 47.5 Å². The van der Waals surface area contributed by atoms with Crippen LogP contribution in [0.1, 0.15) is 0 Å². The van der Waals surface area contributed by atoms with Gasteiger partial charge in [0.25, 0.3) is 0 Å². The van der Waals surface area contributed by atoms with Gasteiger partial charge in [-0.05, 0) is 0 Å². The molecular weight excluding hydrogens is 847 g/mol. The van der Waals surface area contributed by atoms with Crippen molar-refractivity contribution in [1.29, 1.82) is 0 Å². The van der Waals surface area contributed by atoms with Gasteiger partial charge in [0, 0.05) is 31.8 Å². The third-order valence-electron chi connectivity index (χ3n) is 6.21. The van der Waals surface area contributed by atoms with E-state index >= 15 is 0 Å². The molecule has 261 valence electrons. The molecule has 0 amide bonds. The van der Waals surface area contributed by atoms with Gasteiger partial charge in [-0.1, -0.05) is 60.8 Å². The third-order valence-corrected chi connectivity index (χ3v) is 6.21. The van der Waals surface area contributed by atoms with Crippen LogP contribution < -0.4 is 0 Å². The summed E-state index contributed by atoms with van der Waals surface area (Å²) in [5, 5.41) is 15.2. The average molecular weight is 867 g/mol. The maximum atomic E-state index is 13.3. The second-order valence-corrected chi connectivity index (χ2v) is 9.60. The monoisotopic (exact) mass is 867 g/mol. The summed E-state index contributed by atoms with van der Waals surface area (Å²) in [5.74, 6) is -1.20. The Morgan fingerprint density at radius 3 is 1.18 bits per heavy atom. The zero-order valence-corrected chi connectivity index (χ0v) is 26.8. The van der Waals surface area contributed by atoms with Gasteiger partial charge in [0.05, 0.1) is 11.1 Å². The molecule has 1 radical (unpaired) electrons. The van der Waals surface area contributed by atoms with Crippen molar-refractivity contribution in [3.8, 4) is 0 Å². The van der Waals surface area contributed by atoms with E-state index in [4.69, 9.17) is 0 Å². The molecule has 0 aromatic rings. The molecule has 0 spiro atoms. The van der Waals surface area contributed by atoms with Gasteiger partial charge in [0.1, 0.15) is 12.3 Å². The molecule has 0 aromatic heterocycles. The van der Waals surface area contributed by atoms with Gasteiger partial charge in [-0.2, -0.15) is 74.7 Å². The molecule has 2 atom stereocenters. The predicted molar refractivity (Wildman–Crippen MR) is 161 cm³/mol. The van der Waals surface area contributed by atoms with Crippen LogP contribution in [0, 0.1) is 12.2 Å². The van der Waals surface area contributed by atoms with Gasteiger partial charge in [-0.15, -0.1) is 35.5 Å². The predicted octanol–water partition coefficient (Wildman–Crippen LogP) is 11.5. The average Bonchev–Trinajstić information content (AvgIpc) is 3.06. The Morgan fingerprint density at radius 2 is 0.878 bits per heavy atom. The molecule has 4 nitrogen and oxygen atoms in total. The minimum absolute atomic E-state index is 0. The molecule has 4 aliphatic heterocycles. The summed E-state index contributed by atoms with van der Waals surface area (Å²) in [6.45, 7) is 0. The Balaban J connectivity index is 0.000000202. The first kappa shape index (κ1) is 38.7. The van der Waals surface area contributed by atoms with Crippen molar-refractivity contribution < 1.29 is 64.0 Å². The standard InChI is InChI=1S/C12H6F6N2.2C11H7F2N.Ir/c13-11(14,15)7-1-3-19-9(5-7)10-6-8(2-4-20-10)12(16,17)18;2*12-8-4-5-9(10(13)7-8)11-3-1-2-6-14-11;/h1-6H;2*1-4,6-7,10H;/q3*-2;. The van der Waals surface area contributed by atoms with Gasteiger partial charge in [0.15, 0.2) is 0 Å². The maximum absolute atomic E-state index is 13.3. The van der Waals surface area contributed by atoms with Crippen LogP contribution >= 0.6 is 0 Å². The quantitative estimate of drug-likeness (QED) is 0.172. The minimum atomic E-state index is -4.60. The van der Waals surface area contributed by atoms with Crippen molar-refractivity contribution in [2.24, 2.45) is 0 Å². The van der Waals surface area contributed by atoms with E-state index in [1.807, 2.05) is 0 Å². The molecule has 15 heteroatoms. The fourth-order valence-electron chi connectivity index (χ4n) is 3.96. The summed E-state index contributed by atoms with van der Waals surface area (Å²) in [7, 11) is 0. The maximum Gasteiger partial charge on any atom is 0.416 e. The number of hydrogen-bond acceptors (Lipinski definition) is 0. The molecule has 2 unspecified atom stereocenters. The molecule has 0 bridgehead atoms. The van der Waals surface area contributed by atoms with Crippen LogP contribution in [0.5, 0.6) is 0 Å². The molecule has 49 heavy (non-hydrogen) atoms. The first-order valence-electron chi connectivity index (χ1n) is 13.6. The molecule has 6 aliphatic rings. The largest absolute Gasteiger partial charge is 0.721 e. The molecular formula is C34H20F10IrN4-6. The Labute approximate surface area is 288 Å². The summed E-state index contributed by atoms with van der Waals surface area (Å²) in [6, 6.07) is 0. The Bertz CT molecular complexity index is 1610. The van der Waals surface area contributed by atoms with Crippen LogP contribution in [0.4, 0.5) is 43.9 Å². The van der Waals surface area contributed by atoms with Gasteiger partial charge < -0.3 is 21.3 Å². The van der Waals surface area contributed by atoms with Gasteiger partial charge >= 0.3 is 12.4 Å². The van der Waals surface area contributed by atoms with Crippen LogP contribution in [0.25, 0.3) is 21.3 Å². The number of allylic oxidation sites excluding steroid dienone is 22.